The van der Waals surface area contributed by atoms with Crippen LogP contribution in [0.4, 0.5) is 13.2 Å². The van der Waals surface area contributed by atoms with Crippen LogP contribution in [-0.2, 0) is 4.79 Å². The molecule has 136 valence electrons. The van der Waals surface area contributed by atoms with Crippen LogP contribution in [0.1, 0.15) is 13.3 Å². The van der Waals surface area contributed by atoms with Gasteiger partial charge in [-0.3, -0.25) is 4.79 Å². The van der Waals surface area contributed by atoms with E-state index in [1.54, 1.807) is 12.1 Å². The van der Waals surface area contributed by atoms with E-state index in [1.165, 1.54) is 30.0 Å². The minimum absolute atomic E-state index is 0.162. The van der Waals surface area contributed by atoms with Gasteiger partial charge in [0.15, 0.2) is 0 Å². The Morgan fingerprint density at radius 1 is 1.27 bits per heavy atom. The Balaban J connectivity index is 2.40. The van der Waals surface area contributed by atoms with E-state index in [2.05, 4.69) is 10.1 Å². The van der Waals surface area contributed by atoms with E-state index >= 15 is 0 Å². The van der Waals surface area contributed by atoms with Crippen LogP contribution in [0.3, 0.4) is 0 Å². The zero-order chi connectivity index (χ0) is 18.9. The van der Waals surface area contributed by atoms with Crippen molar-refractivity contribution in [2.75, 3.05) is 5.75 Å². The molecule has 1 N–H and O–H groups in total. The molecule has 26 heavy (non-hydrogen) atoms. The van der Waals surface area contributed by atoms with Gasteiger partial charge in [-0.15, -0.1) is 21.7 Å². The topological polar surface area (TPSA) is 67.5 Å². The van der Waals surface area contributed by atoms with Gasteiger partial charge in [-0.2, -0.15) is 13.2 Å². The fraction of sp³-hybridized carbons (Fsp3) is 0.235. The molecular weight excluding hydrogens is 367 g/mol. The van der Waals surface area contributed by atoms with Gasteiger partial charge >= 0.3 is 12.1 Å². The molecule has 1 aromatic carbocycles. The molecule has 0 radical (unpaired) electrons. The van der Waals surface area contributed by atoms with Crippen LogP contribution in [0.15, 0.2) is 46.3 Å². The largest absolute Gasteiger partial charge is 0.473 e. The third-order valence-electron chi connectivity index (χ3n) is 3.62. The smallest absolute Gasteiger partial charge is 0.411 e. The Kier molecular flexibility index (Phi) is 4.90. The summed E-state index contributed by atoms with van der Waals surface area (Å²) in [7, 11) is 0. The van der Waals surface area contributed by atoms with Crippen molar-refractivity contribution in [1.82, 2.24) is 9.94 Å². The first-order valence-electron chi connectivity index (χ1n) is 7.75. The Labute approximate surface area is 150 Å². The Bertz CT molecular complexity index is 1010. The van der Waals surface area contributed by atoms with Crippen LogP contribution in [0.25, 0.3) is 22.2 Å². The molecule has 9 heteroatoms. The van der Waals surface area contributed by atoms with Crippen molar-refractivity contribution >= 4 is 28.6 Å². The van der Waals surface area contributed by atoms with Crippen molar-refractivity contribution in [3.8, 4) is 11.3 Å². The summed E-state index contributed by atoms with van der Waals surface area (Å²) in [4.78, 5) is 16.0. The molecule has 0 unspecified atom stereocenters. The van der Waals surface area contributed by atoms with Crippen molar-refractivity contribution < 1.29 is 23.2 Å². The van der Waals surface area contributed by atoms with Crippen LogP contribution >= 0.6 is 11.8 Å². The molecule has 0 bridgehead atoms. The van der Waals surface area contributed by atoms with Gasteiger partial charge in [0, 0.05) is 15.8 Å². The first-order valence-corrected chi connectivity index (χ1v) is 8.74. The van der Waals surface area contributed by atoms with Gasteiger partial charge in [0.2, 0.25) is 0 Å². The van der Waals surface area contributed by atoms with Crippen molar-refractivity contribution in [1.29, 1.82) is 0 Å². The summed E-state index contributed by atoms with van der Waals surface area (Å²) in [5.41, 5.74) is 0.804. The second kappa shape index (κ2) is 6.99. The zero-order valence-corrected chi connectivity index (χ0v) is 14.4. The number of benzene rings is 2. The number of thioether (sulfide) groups is 1. The minimum Gasteiger partial charge on any atom is -0.411 e. The van der Waals surface area contributed by atoms with Gasteiger partial charge < -0.3 is 5.21 Å². The highest BCUT2D eigenvalue weighted by Gasteiger charge is 2.38. The molecule has 0 saturated carbocycles. The lowest BCUT2D eigenvalue weighted by Crippen LogP contribution is -2.24. The zero-order valence-electron chi connectivity index (χ0n) is 13.6. The highest BCUT2D eigenvalue weighted by molar-refractivity contribution is 7.99. The number of hydrogen-bond acceptors (Lipinski definition) is 4. The SMILES string of the molecule is CCCSc1cccc2nn(O)c3cccc(=NC(=O)C(F)(F)F)c-3c12. The van der Waals surface area contributed by atoms with Gasteiger partial charge in [0.05, 0.1) is 10.9 Å². The molecule has 2 aliphatic rings. The molecule has 5 nitrogen and oxygen atoms in total. The Morgan fingerprint density at radius 3 is 2.69 bits per heavy atom. The molecule has 0 saturated heterocycles. The van der Waals surface area contributed by atoms with E-state index in [-0.39, 0.29) is 16.6 Å². The van der Waals surface area contributed by atoms with Crippen LogP contribution in [0.5, 0.6) is 0 Å². The van der Waals surface area contributed by atoms with Crippen molar-refractivity contribution in [3.63, 3.8) is 0 Å². The van der Waals surface area contributed by atoms with E-state index in [4.69, 9.17) is 0 Å². The monoisotopic (exact) mass is 381 g/mol. The van der Waals surface area contributed by atoms with Crippen LogP contribution in [0, 0.1) is 0 Å². The first-order chi connectivity index (χ1) is 12.3. The van der Waals surface area contributed by atoms with Crippen LogP contribution in [-0.4, -0.2) is 33.0 Å². The normalized spacial score (nSPS) is 12.8. The maximum atomic E-state index is 12.7. The fourth-order valence-electron chi connectivity index (χ4n) is 2.56. The van der Waals surface area contributed by atoms with Gasteiger partial charge in [-0.1, -0.05) is 19.1 Å². The lowest BCUT2D eigenvalue weighted by molar-refractivity contribution is -0.169. The highest BCUT2D eigenvalue weighted by Crippen LogP contribution is 2.34. The molecule has 3 rings (SSSR count). The van der Waals surface area contributed by atoms with E-state index in [1.807, 2.05) is 13.0 Å². The van der Waals surface area contributed by atoms with Crippen LogP contribution < -0.4 is 5.36 Å². The predicted molar refractivity (Wildman–Crippen MR) is 91.2 cm³/mol. The second-order valence-corrected chi connectivity index (χ2v) is 6.61. The standard InChI is InChI=1S/C17H14F3N3O2S/c1-2-9-26-13-8-4-6-11-15(13)14-10(21-16(24)17(18,19)20)5-3-7-12(14)23(25)22-11/h3-8,25H,2,9H2,1H3. The molecular formula is C17H14F3N3O2S. The average molecular weight is 381 g/mol. The maximum Gasteiger partial charge on any atom is 0.473 e. The van der Waals surface area contributed by atoms with Crippen LogP contribution in [0.2, 0.25) is 0 Å². The fourth-order valence-corrected chi connectivity index (χ4v) is 3.51. The summed E-state index contributed by atoms with van der Waals surface area (Å²) >= 11 is 1.52. The number of amides is 1. The summed E-state index contributed by atoms with van der Waals surface area (Å²) in [6.07, 6.45) is -4.16. The second-order valence-electron chi connectivity index (χ2n) is 5.47. The number of halogens is 3. The molecule has 0 aromatic heterocycles. The number of rotatable bonds is 3. The van der Waals surface area contributed by atoms with E-state index < -0.39 is 12.1 Å². The van der Waals surface area contributed by atoms with Gasteiger partial charge in [0.1, 0.15) is 5.69 Å². The summed E-state index contributed by atoms with van der Waals surface area (Å²) in [5, 5.41) is 14.5. The van der Waals surface area contributed by atoms with Gasteiger partial charge in [-0.05, 0) is 36.4 Å². The minimum atomic E-state index is -5.07. The average Bonchev–Trinajstić information content (AvgIpc) is 2.59. The van der Waals surface area contributed by atoms with Crippen molar-refractivity contribution in [2.24, 2.45) is 4.99 Å². The first kappa shape index (κ1) is 18.2. The molecule has 0 spiro atoms. The quantitative estimate of drug-likeness (QED) is 0.425. The van der Waals surface area contributed by atoms with Crippen molar-refractivity contribution in [2.45, 2.75) is 24.4 Å². The summed E-state index contributed by atoms with van der Waals surface area (Å²) in [6.45, 7) is 2.01. The number of hydrogen-bond donors (Lipinski definition) is 1. The van der Waals surface area contributed by atoms with Crippen molar-refractivity contribution in [3.05, 3.63) is 41.8 Å². The summed E-state index contributed by atoms with van der Waals surface area (Å²) in [6, 6.07) is 9.44. The Morgan fingerprint density at radius 2 is 2.00 bits per heavy atom. The predicted octanol–water partition coefficient (Wildman–Crippen LogP) is 3.87. The number of nitrogens with zero attached hydrogens (tertiary/aromatic N) is 3. The number of alkyl halides is 3. The van der Waals surface area contributed by atoms with E-state index in [0.29, 0.717) is 15.7 Å². The number of fused-ring (bicyclic) bond motifs is 3. The van der Waals surface area contributed by atoms with E-state index in [0.717, 1.165) is 17.1 Å². The third kappa shape index (κ3) is 3.39. The summed E-state index contributed by atoms with van der Waals surface area (Å²) < 4.78 is 38.0. The Hall–Kier alpha value is -2.55. The number of aromatic nitrogens is 2. The molecule has 1 heterocycles. The molecule has 0 fully saturated rings. The molecule has 1 amide bonds. The highest BCUT2D eigenvalue weighted by atomic mass is 32.2. The molecule has 1 aliphatic heterocycles. The lowest BCUT2D eigenvalue weighted by Gasteiger charge is -2.15. The van der Waals surface area contributed by atoms with Gasteiger partial charge in [0.25, 0.3) is 0 Å². The van der Waals surface area contributed by atoms with Gasteiger partial charge in [-0.25, -0.2) is 4.99 Å². The molecule has 1 aliphatic carbocycles. The number of carbonyl (C=O) groups excluding carboxylic acids is 1. The lowest BCUT2D eigenvalue weighted by atomic mass is 10.0. The number of carbonyl (C=O) groups is 1. The molecule has 1 aromatic rings. The summed E-state index contributed by atoms with van der Waals surface area (Å²) in [5.74, 6) is -1.40. The maximum absolute atomic E-state index is 12.7. The third-order valence-corrected chi connectivity index (χ3v) is 4.88. The van der Waals surface area contributed by atoms with E-state index in [9.17, 15) is 23.2 Å². The molecule has 0 atom stereocenters.